The highest BCUT2D eigenvalue weighted by Crippen LogP contribution is 2.26. The Hall–Kier alpha value is -0.0400. The van der Waals surface area contributed by atoms with E-state index >= 15 is 0 Å². The third-order valence-electron chi connectivity index (χ3n) is 2.82. The zero-order chi connectivity index (χ0) is 9.35. The number of hydrogen-bond donors (Lipinski definition) is 0. The molecule has 12 heavy (non-hydrogen) atoms. The highest BCUT2D eigenvalue weighted by molar-refractivity contribution is 4.83. The molecule has 1 nitrogen and oxygen atoms in total. The number of nitrogens with zero attached hydrogens (tertiary/aromatic N) is 1. The average Bonchev–Trinajstić information content (AvgIpc) is 1.82. The number of piperidine rings is 1. The van der Waals surface area contributed by atoms with E-state index in [4.69, 9.17) is 0 Å². The van der Waals surface area contributed by atoms with E-state index in [9.17, 15) is 0 Å². The maximum atomic E-state index is 2.62. The predicted molar refractivity (Wildman–Crippen MR) is 54.3 cm³/mol. The first kappa shape index (κ1) is 10.0. The van der Waals surface area contributed by atoms with Crippen LogP contribution in [0.3, 0.4) is 0 Å². The van der Waals surface area contributed by atoms with Crippen LogP contribution in [0.5, 0.6) is 0 Å². The van der Waals surface area contributed by atoms with Gasteiger partial charge in [0.2, 0.25) is 0 Å². The van der Waals surface area contributed by atoms with Gasteiger partial charge in [-0.1, -0.05) is 13.8 Å². The van der Waals surface area contributed by atoms with E-state index in [0.717, 1.165) is 11.8 Å². The Morgan fingerprint density at radius 1 is 1.00 bits per heavy atom. The van der Waals surface area contributed by atoms with Gasteiger partial charge in [-0.2, -0.15) is 0 Å². The van der Waals surface area contributed by atoms with E-state index in [1.165, 1.54) is 19.5 Å². The fourth-order valence-electron chi connectivity index (χ4n) is 2.21. The summed E-state index contributed by atoms with van der Waals surface area (Å²) in [5.74, 6) is 1.76. The first-order valence-electron chi connectivity index (χ1n) is 5.14. The first-order chi connectivity index (χ1) is 5.39. The average molecular weight is 169 g/mol. The summed E-state index contributed by atoms with van der Waals surface area (Å²) in [6.45, 7) is 14.3. The zero-order valence-corrected chi connectivity index (χ0v) is 9.22. The second kappa shape index (κ2) is 3.37. The topological polar surface area (TPSA) is 3.24 Å². The summed E-state index contributed by atoms with van der Waals surface area (Å²) in [4.78, 5) is 2.62. The molecule has 0 bridgehead atoms. The van der Waals surface area contributed by atoms with Gasteiger partial charge in [0.25, 0.3) is 0 Å². The summed E-state index contributed by atoms with van der Waals surface area (Å²) in [7, 11) is 0. The van der Waals surface area contributed by atoms with Crippen LogP contribution in [0.1, 0.15) is 41.0 Å². The van der Waals surface area contributed by atoms with Gasteiger partial charge in [0, 0.05) is 18.6 Å². The Morgan fingerprint density at radius 3 is 1.75 bits per heavy atom. The molecule has 0 radical (unpaired) electrons. The van der Waals surface area contributed by atoms with Crippen LogP contribution in [0, 0.1) is 11.8 Å². The van der Waals surface area contributed by atoms with Gasteiger partial charge in [-0.05, 0) is 39.0 Å². The minimum atomic E-state index is 0.364. The van der Waals surface area contributed by atoms with Crippen LogP contribution < -0.4 is 0 Å². The van der Waals surface area contributed by atoms with Gasteiger partial charge in [0.05, 0.1) is 0 Å². The van der Waals surface area contributed by atoms with Gasteiger partial charge in [-0.15, -0.1) is 0 Å². The quantitative estimate of drug-likeness (QED) is 0.539. The summed E-state index contributed by atoms with van der Waals surface area (Å²) < 4.78 is 0. The lowest BCUT2D eigenvalue weighted by atomic mass is 9.88. The lowest BCUT2D eigenvalue weighted by Crippen LogP contribution is -2.49. The molecule has 0 aromatic heterocycles. The largest absolute Gasteiger partial charge is 0.298 e. The Labute approximate surface area is 77.1 Å². The smallest absolute Gasteiger partial charge is 0.0125 e. The van der Waals surface area contributed by atoms with Gasteiger partial charge in [0.1, 0.15) is 0 Å². The number of hydrogen-bond acceptors (Lipinski definition) is 1. The second-order valence-electron chi connectivity index (χ2n) is 5.52. The second-order valence-corrected chi connectivity index (χ2v) is 5.52. The van der Waals surface area contributed by atoms with Gasteiger partial charge < -0.3 is 0 Å². The molecule has 1 rings (SSSR count). The molecule has 1 aliphatic heterocycles. The molecule has 1 saturated heterocycles. The van der Waals surface area contributed by atoms with E-state index in [0.29, 0.717) is 5.54 Å². The van der Waals surface area contributed by atoms with Crippen molar-refractivity contribution in [2.75, 3.05) is 13.1 Å². The van der Waals surface area contributed by atoms with Crippen LogP contribution in [0.15, 0.2) is 0 Å². The standard InChI is InChI=1S/C11H23N/c1-9-6-10(2)8-12(7-9)11(3,4)5/h9-10H,6-8H2,1-5H3/t9-,10+. The van der Waals surface area contributed by atoms with E-state index < -0.39 is 0 Å². The lowest BCUT2D eigenvalue weighted by Gasteiger charge is -2.43. The SMILES string of the molecule is C[C@@H]1C[C@H](C)CN(C(C)(C)C)C1. The molecule has 72 valence electrons. The maximum Gasteiger partial charge on any atom is 0.0125 e. The predicted octanol–water partition coefficient (Wildman–Crippen LogP) is 2.76. The lowest BCUT2D eigenvalue weighted by molar-refractivity contribution is 0.0570. The molecule has 1 heteroatoms. The van der Waals surface area contributed by atoms with E-state index in [2.05, 4.69) is 39.5 Å². The van der Waals surface area contributed by atoms with Crippen LogP contribution in [0.2, 0.25) is 0 Å². The van der Waals surface area contributed by atoms with Gasteiger partial charge in [-0.3, -0.25) is 4.90 Å². The third kappa shape index (κ3) is 2.48. The summed E-state index contributed by atoms with van der Waals surface area (Å²) in [5.41, 5.74) is 0.364. The Balaban J connectivity index is 2.55. The highest BCUT2D eigenvalue weighted by atomic mass is 15.2. The molecule has 0 amide bonds. The summed E-state index contributed by atoms with van der Waals surface area (Å²) >= 11 is 0. The molecule has 0 saturated carbocycles. The third-order valence-corrected chi connectivity index (χ3v) is 2.82. The normalized spacial score (nSPS) is 33.8. The van der Waals surface area contributed by atoms with Crippen molar-refractivity contribution in [1.29, 1.82) is 0 Å². The molecule has 0 spiro atoms. The van der Waals surface area contributed by atoms with E-state index in [-0.39, 0.29) is 0 Å². The molecule has 0 unspecified atom stereocenters. The molecule has 1 fully saturated rings. The van der Waals surface area contributed by atoms with Gasteiger partial charge in [-0.25, -0.2) is 0 Å². The van der Waals surface area contributed by atoms with E-state index in [1.807, 2.05) is 0 Å². The summed E-state index contributed by atoms with van der Waals surface area (Å²) in [6.07, 6.45) is 1.41. The van der Waals surface area contributed by atoms with Crippen LogP contribution in [0.25, 0.3) is 0 Å². The molecule has 0 aromatic carbocycles. The molecule has 2 atom stereocenters. The minimum absolute atomic E-state index is 0.364. The van der Waals surface area contributed by atoms with Crippen LogP contribution in [-0.4, -0.2) is 23.5 Å². The van der Waals surface area contributed by atoms with Crippen molar-refractivity contribution in [3.63, 3.8) is 0 Å². The van der Waals surface area contributed by atoms with Crippen LogP contribution in [-0.2, 0) is 0 Å². The summed E-state index contributed by atoms with van der Waals surface area (Å²) in [5, 5.41) is 0. The minimum Gasteiger partial charge on any atom is -0.298 e. The van der Waals surface area contributed by atoms with Crippen LogP contribution >= 0.6 is 0 Å². The Bertz CT molecular complexity index is 136. The van der Waals surface area contributed by atoms with Crippen molar-refractivity contribution >= 4 is 0 Å². The summed E-state index contributed by atoms with van der Waals surface area (Å²) in [6, 6.07) is 0. The van der Waals surface area contributed by atoms with Crippen molar-refractivity contribution in [3.8, 4) is 0 Å². The molecular formula is C11H23N. The molecule has 1 aliphatic rings. The number of likely N-dealkylation sites (tertiary alicyclic amines) is 1. The fourth-order valence-corrected chi connectivity index (χ4v) is 2.21. The van der Waals surface area contributed by atoms with E-state index in [1.54, 1.807) is 0 Å². The van der Waals surface area contributed by atoms with Crippen molar-refractivity contribution in [2.45, 2.75) is 46.6 Å². The van der Waals surface area contributed by atoms with Gasteiger partial charge in [0.15, 0.2) is 0 Å². The molecule has 1 heterocycles. The van der Waals surface area contributed by atoms with Crippen molar-refractivity contribution in [3.05, 3.63) is 0 Å². The maximum absolute atomic E-state index is 2.62. The number of rotatable bonds is 0. The zero-order valence-electron chi connectivity index (χ0n) is 9.22. The molecule has 0 N–H and O–H groups in total. The Kier molecular flexibility index (Phi) is 2.82. The highest BCUT2D eigenvalue weighted by Gasteiger charge is 2.28. The van der Waals surface area contributed by atoms with Crippen molar-refractivity contribution in [1.82, 2.24) is 4.90 Å². The molecule has 0 aromatic rings. The fraction of sp³-hybridized carbons (Fsp3) is 1.00. The Morgan fingerprint density at radius 2 is 1.42 bits per heavy atom. The molecular weight excluding hydrogens is 146 g/mol. The van der Waals surface area contributed by atoms with Crippen molar-refractivity contribution < 1.29 is 0 Å². The van der Waals surface area contributed by atoms with Crippen molar-refractivity contribution in [2.24, 2.45) is 11.8 Å². The monoisotopic (exact) mass is 169 g/mol. The van der Waals surface area contributed by atoms with Gasteiger partial charge >= 0.3 is 0 Å². The molecule has 0 aliphatic carbocycles. The van der Waals surface area contributed by atoms with Crippen LogP contribution in [0.4, 0.5) is 0 Å². The first-order valence-corrected chi connectivity index (χ1v) is 5.14.